The number of anilines is 2. The molecule has 0 radical (unpaired) electrons. The number of carbonyl (C=O) groups is 2. The molecular weight excluding hydrogens is 374 g/mol. The summed E-state index contributed by atoms with van der Waals surface area (Å²) in [6.07, 6.45) is 3.14. The predicted octanol–water partition coefficient (Wildman–Crippen LogP) is 0.416. The van der Waals surface area contributed by atoms with Gasteiger partial charge in [0.25, 0.3) is 5.91 Å². The molecule has 1 amide bonds. The van der Waals surface area contributed by atoms with Gasteiger partial charge >= 0.3 is 5.97 Å². The molecule has 0 bridgehead atoms. The minimum absolute atomic E-state index is 0.0195. The molecule has 11 heteroatoms. The summed E-state index contributed by atoms with van der Waals surface area (Å²) < 4.78 is 27.8. The van der Waals surface area contributed by atoms with Crippen molar-refractivity contribution in [3.05, 3.63) is 42.2 Å². The third-order valence-corrected chi connectivity index (χ3v) is 4.37. The molecule has 0 spiro atoms. The molecule has 144 valence electrons. The quantitative estimate of drug-likeness (QED) is 0.545. The highest BCUT2D eigenvalue weighted by molar-refractivity contribution is 7.89. The molecule has 0 saturated carbocycles. The van der Waals surface area contributed by atoms with Gasteiger partial charge in [-0.1, -0.05) is 6.07 Å². The molecule has 0 unspecified atom stereocenters. The van der Waals surface area contributed by atoms with Crippen LogP contribution in [0.2, 0.25) is 0 Å². The van der Waals surface area contributed by atoms with Gasteiger partial charge in [-0.25, -0.2) is 23.5 Å². The van der Waals surface area contributed by atoms with E-state index >= 15 is 0 Å². The van der Waals surface area contributed by atoms with Crippen molar-refractivity contribution in [3.8, 4) is 0 Å². The van der Waals surface area contributed by atoms with Gasteiger partial charge in [-0.2, -0.15) is 0 Å². The van der Waals surface area contributed by atoms with E-state index in [9.17, 15) is 18.0 Å². The fourth-order valence-corrected chi connectivity index (χ4v) is 2.87. The zero-order valence-corrected chi connectivity index (χ0v) is 15.3. The second-order valence-corrected chi connectivity index (χ2v) is 7.01. The number of nitrogens with zero attached hydrogens (tertiary/aromatic N) is 2. The van der Waals surface area contributed by atoms with Crippen molar-refractivity contribution in [2.45, 2.75) is 18.2 Å². The van der Waals surface area contributed by atoms with Crippen molar-refractivity contribution in [1.82, 2.24) is 9.97 Å². The third-order valence-electron chi connectivity index (χ3n) is 3.32. The molecule has 0 aliphatic carbocycles. The average Bonchev–Trinajstić information content (AvgIpc) is 2.61. The van der Waals surface area contributed by atoms with Crippen LogP contribution < -0.4 is 15.8 Å². The van der Waals surface area contributed by atoms with Crippen LogP contribution in [0.3, 0.4) is 0 Å². The maximum atomic E-state index is 11.9. The van der Waals surface area contributed by atoms with Crippen LogP contribution in [-0.4, -0.2) is 43.4 Å². The molecule has 0 fully saturated rings. The van der Waals surface area contributed by atoms with Crippen molar-refractivity contribution in [2.24, 2.45) is 5.14 Å². The molecule has 2 aromatic rings. The normalized spacial score (nSPS) is 10.9. The topological polar surface area (TPSA) is 153 Å². The lowest BCUT2D eigenvalue weighted by molar-refractivity contribution is -0.147. The smallest absolute Gasteiger partial charge is 0.308 e. The Balaban J connectivity index is 1.78. The Kier molecular flexibility index (Phi) is 6.79. The van der Waals surface area contributed by atoms with E-state index in [0.29, 0.717) is 11.5 Å². The zero-order valence-electron chi connectivity index (χ0n) is 14.5. The number of primary sulfonamides is 1. The van der Waals surface area contributed by atoms with Crippen LogP contribution in [0.4, 0.5) is 11.6 Å². The van der Waals surface area contributed by atoms with E-state index in [0.717, 1.165) is 0 Å². The summed E-state index contributed by atoms with van der Waals surface area (Å²) in [7, 11) is -3.90. The Morgan fingerprint density at radius 3 is 2.59 bits per heavy atom. The summed E-state index contributed by atoms with van der Waals surface area (Å²) >= 11 is 0. The molecule has 0 saturated heterocycles. The SMILES string of the molecule is Cc1ccc(NC(=O)COC(=O)CCNc2ncccn2)cc1S(N)(=O)=O. The second kappa shape index (κ2) is 9.05. The van der Waals surface area contributed by atoms with Crippen molar-refractivity contribution in [3.63, 3.8) is 0 Å². The van der Waals surface area contributed by atoms with Gasteiger partial charge in [0, 0.05) is 24.6 Å². The molecule has 4 N–H and O–H groups in total. The number of carbonyl (C=O) groups excluding carboxylic acids is 2. The highest BCUT2D eigenvalue weighted by Crippen LogP contribution is 2.18. The van der Waals surface area contributed by atoms with Crippen LogP contribution >= 0.6 is 0 Å². The maximum absolute atomic E-state index is 11.9. The Bertz CT molecular complexity index is 918. The van der Waals surface area contributed by atoms with Crippen LogP contribution in [0.1, 0.15) is 12.0 Å². The minimum atomic E-state index is -3.90. The first-order chi connectivity index (χ1) is 12.8. The van der Waals surface area contributed by atoms with Gasteiger partial charge in [0.2, 0.25) is 16.0 Å². The fourth-order valence-electron chi connectivity index (χ4n) is 2.07. The van der Waals surface area contributed by atoms with E-state index in [1.165, 1.54) is 18.2 Å². The number of hydrogen-bond acceptors (Lipinski definition) is 8. The zero-order chi connectivity index (χ0) is 19.9. The average molecular weight is 393 g/mol. The summed E-state index contributed by atoms with van der Waals surface area (Å²) in [5, 5.41) is 10.4. The second-order valence-electron chi connectivity index (χ2n) is 5.48. The van der Waals surface area contributed by atoms with E-state index in [1.54, 1.807) is 25.4 Å². The lowest BCUT2D eigenvalue weighted by Crippen LogP contribution is -2.22. The Hall–Kier alpha value is -3.05. The van der Waals surface area contributed by atoms with Gasteiger partial charge in [-0.3, -0.25) is 9.59 Å². The molecule has 10 nitrogen and oxygen atoms in total. The number of nitrogens with two attached hydrogens (primary N) is 1. The van der Waals surface area contributed by atoms with Crippen molar-refractivity contribution >= 4 is 33.5 Å². The molecule has 27 heavy (non-hydrogen) atoms. The van der Waals surface area contributed by atoms with Gasteiger partial charge < -0.3 is 15.4 Å². The standard InChI is InChI=1S/C16H19N5O5S/c1-11-3-4-12(9-13(11)27(17,24)25)21-14(22)10-26-15(23)5-8-20-16-18-6-2-7-19-16/h2-4,6-7,9H,5,8,10H2,1H3,(H,21,22)(H2,17,24,25)(H,18,19,20). The highest BCUT2D eigenvalue weighted by atomic mass is 32.2. The van der Waals surface area contributed by atoms with E-state index in [-0.39, 0.29) is 23.5 Å². The Morgan fingerprint density at radius 1 is 1.22 bits per heavy atom. The lowest BCUT2D eigenvalue weighted by Gasteiger charge is -2.09. The molecule has 1 heterocycles. The van der Waals surface area contributed by atoms with E-state index < -0.39 is 28.5 Å². The Morgan fingerprint density at radius 2 is 1.93 bits per heavy atom. The van der Waals surface area contributed by atoms with Gasteiger partial charge in [-0.05, 0) is 30.7 Å². The minimum Gasteiger partial charge on any atom is -0.456 e. The monoisotopic (exact) mass is 393 g/mol. The van der Waals surface area contributed by atoms with Crippen molar-refractivity contribution in [2.75, 3.05) is 23.8 Å². The third kappa shape index (κ3) is 6.64. The summed E-state index contributed by atoms with van der Waals surface area (Å²) in [6, 6.07) is 5.94. The number of ether oxygens (including phenoxy) is 1. The molecular formula is C16H19N5O5S. The molecule has 0 aliphatic rings. The van der Waals surface area contributed by atoms with E-state index in [1.807, 2.05) is 0 Å². The molecule has 0 atom stereocenters. The lowest BCUT2D eigenvalue weighted by atomic mass is 10.2. The number of nitrogens with one attached hydrogen (secondary N) is 2. The van der Waals surface area contributed by atoms with Crippen LogP contribution in [0, 0.1) is 6.92 Å². The predicted molar refractivity (Wildman–Crippen MR) is 97.3 cm³/mol. The number of sulfonamides is 1. The van der Waals surface area contributed by atoms with E-state index in [2.05, 4.69) is 20.6 Å². The number of amides is 1. The van der Waals surface area contributed by atoms with Crippen molar-refractivity contribution in [1.29, 1.82) is 0 Å². The number of aromatic nitrogens is 2. The van der Waals surface area contributed by atoms with Crippen LogP contribution in [-0.2, 0) is 24.3 Å². The van der Waals surface area contributed by atoms with Crippen molar-refractivity contribution < 1.29 is 22.7 Å². The van der Waals surface area contributed by atoms with Gasteiger partial charge in [0.15, 0.2) is 6.61 Å². The Labute approximate surface area is 156 Å². The summed E-state index contributed by atoms with van der Waals surface area (Å²) in [4.78, 5) is 31.3. The van der Waals surface area contributed by atoms with Gasteiger partial charge in [-0.15, -0.1) is 0 Å². The maximum Gasteiger partial charge on any atom is 0.308 e. The molecule has 0 aliphatic heterocycles. The first kappa shape index (κ1) is 20.3. The number of rotatable bonds is 8. The van der Waals surface area contributed by atoms with Crippen LogP contribution in [0.25, 0.3) is 0 Å². The fraction of sp³-hybridized carbons (Fsp3) is 0.250. The van der Waals surface area contributed by atoms with Crippen LogP contribution in [0.5, 0.6) is 0 Å². The summed E-state index contributed by atoms with van der Waals surface area (Å²) in [6.45, 7) is 1.33. The number of aryl methyl sites for hydroxylation is 1. The largest absolute Gasteiger partial charge is 0.456 e. The summed E-state index contributed by atoms with van der Waals surface area (Å²) in [5.41, 5.74) is 0.686. The number of hydrogen-bond donors (Lipinski definition) is 3. The molecule has 1 aromatic heterocycles. The number of esters is 1. The number of benzene rings is 1. The van der Waals surface area contributed by atoms with Gasteiger partial charge in [0.1, 0.15) is 0 Å². The van der Waals surface area contributed by atoms with E-state index in [4.69, 9.17) is 9.88 Å². The first-order valence-corrected chi connectivity index (χ1v) is 9.40. The molecule has 2 rings (SSSR count). The van der Waals surface area contributed by atoms with Gasteiger partial charge in [0.05, 0.1) is 11.3 Å². The first-order valence-electron chi connectivity index (χ1n) is 7.85. The van der Waals surface area contributed by atoms with Crippen LogP contribution in [0.15, 0.2) is 41.6 Å². The summed E-state index contributed by atoms with van der Waals surface area (Å²) in [5.74, 6) is -0.803. The molecule has 1 aromatic carbocycles. The highest BCUT2D eigenvalue weighted by Gasteiger charge is 2.14.